The highest BCUT2D eigenvalue weighted by atomic mass is 32.2. The number of ether oxygens (including phenoxy) is 2. The molecule has 1 heterocycles. The lowest BCUT2D eigenvalue weighted by Gasteiger charge is -2.12. The van der Waals surface area contributed by atoms with E-state index in [4.69, 9.17) is 14.5 Å². The Hall–Kier alpha value is -2.73. The Balaban J connectivity index is 1.98. The molecule has 28 heavy (non-hydrogen) atoms. The monoisotopic (exact) mass is 396 g/mol. The Morgan fingerprint density at radius 2 is 1.86 bits per heavy atom. The highest BCUT2D eigenvalue weighted by Crippen LogP contribution is 2.36. The number of amidine groups is 1. The number of carbonyl (C=O) groups is 1. The fourth-order valence-corrected chi connectivity index (χ4v) is 3.92. The van der Waals surface area contributed by atoms with E-state index in [0.29, 0.717) is 28.1 Å². The number of carbonyl (C=O) groups excluding carboxylic acids is 1. The third kappa shape index (κ3) is 4.07. The van der Waals surface area contributed by atoms with Crippen LogP contribution in [0.15, 0.2) is 46.3 Å². The van der Waals surface area contributed by atoms with Crippen molar-refractivity contribution in [3.05, 3.63) is 58.0 Å². The minimum Gasteiger partial charge on any atom is -0.497 e. The van der Waals surface area contributed by atoms with Crippen LogP contribution in [-0.2, 0) is 4.79 Å². The number of likely N-dealkylation sites (N-methyl/N-ethyl adjacent to an activating group) is 1. The standard InChI is InChI=1S/C22H24N2O3S/c1-6-24-21(25)20(13-16-12-18(26-4)9-10-19(16)27-5)28-22(24)23-17-8-7-14(2)15(3)11-17/h7-13H,6H2,1-5H3/b20-13+,23-22?. The van der Waals surface area contributed by atoms with E-state index in [1.54, 1.807) is 19.1 Å². The van der Waals surface area contributed by atoms with Gasteiger partial charge in [0.15, 0.2) is 5.17 Å². The van der Waals surface area contributed by atoms with Gasteiger partial charge in [0.05, 0.1) is 24.8 Å². The van der Waals surface area contributed by atoms with Gasteiger partial charge in [-0.2, -0.15) is 0 Å². The summed E-state index contributed by atoms with van der Waals surface area (Å²) < 4.78 is 10.7. The molecule has 0 N–H and O–H groups in total. The predicted molar refractivity (Wildman–Crippen MR) is 116 cm³/mol. The smallest absolute Gasteiger partial charge is 0.266 e. The predicted octanol–water partition coefficient (Wildman–Crippen LogP) is 4.94. The molecule has 0 spiro atoms. The van der Waals surface area contributed by atoms with Crippen LogP contribution in [0.2, 0.25) is 0 Å². The van der Waals surface area contributed by atoms with Crippen LogP contribution in [0.1, 0.15) is 23.6 Å². The summed E-state index contributed by atoms with van der Waals surface area (Å²) in [5, 5.41) is 0.684. The molecule has 0 bridgehead atoms. The Bertz CT molecular complexity index is 966. The van der Waals surface area contributed by atoms with Gasteiger partial charge in [0.2, 0.25) is 0 Å². The van der Waals surface area contributed by atoms with Crippen LogP contribution in [0.3, 0.4) is 0 Å². The van der Waals surface area contributed by atoms with Crippen LogP contribution in [0.5, 0.6) is 11.5 Å². The van der Waals surface area contributed by atoms with Gasteiger partial charge in [0, 0.05) is 12.1 Å². The zero-order chi connectivity index (χ0) is 20.3. The van der Waals surface area contributed by atoms with Gasteiger partial charge >= 0.3 is 0 Å². The number of aliphatic imine (C=N–C) groups is 1. The van der Waals surface area contributed by atoms with E-state index in [-0.39, 0.29) is 5.91 Å². The molecular formula is C22H24N2O3S. The lowest BCUT2D eigenvalue weighted by Crippen LogP contribution is -2.28. The molecular weight excluding hydrogens is 372 g/mol. The molecule has 2 aromatic carbocycles. The minimum absolute atomic E-state index is 0.0556. The van der Waals surface area contributed by atoms with E-state index >= 15 is 0 Å². The molecule has 1 aliphatic heterocycles. The molecule has 0 aliphatic carbocycles. The molecule has 1 saturated heterocycles. The minimum atomic E-state index is -0.0556. The van der Waals surface area contributed by atoms with Crippen LogP contribution in [0.25, 0.3) is 6.08 Å². The first-order chi connectivity index (χ1) is 13.5. The van der Waals surface area contributed by atoms with Gasteiger partial charge in [0.1, 0.15) is 11.5 Å². The highest BCUT2D eigenvalue weighted by Gasteiger charge is 2.32. The second-order valence-electron chi connectivity index (χ2n) is 6.43. The Labute approximate surface area is 170 Å². The quantitative estimate of drug-likeness (QED) is 0.672. The first-order valence-electron chi connectivity index (χ1n) is 9.06. The third-order valence-corrected chi connectivity index (χ3v) is 5.65. The normalized spacial score (nSPS) is 16.9. The number of amides is 1. The maximum absolute atomic E-state index is 12.9. The molecule has 0 aromatic heterocycles. The van der Waals surface area contributed by atoms with Crippen LogP contribution < -0.4 is 9.47 Å². The van der Waals surface area contributed by atoms with Gasteiger partial charge in [-0.1, -0.05) is 6.07 Å². The molecule has 2 aromatic rings. The number of hydrogen-bond donors (Lipinski definition) is 0. The Morgan fingerprint density at radius 1 is 1.07 bits per heavy atom. The molecule has 3 rings (SSSR count). The number of rotatable bonds is 5. The average molecular weight is 397 g/mol. The van der Waals surface area contributed by atoms with Crippen LogP contribution in [0.4, 0.5) is 5.69 Å². The van der Waals surface area contributed by atoms with Crippen molar-refractivity contribution in [3.8, 4) is 11.5 Å². The third-order valence-electron chi connectivity index (χ3n) is 4.64. The fourth-order valence-electron chi connectivity index (χ4n) is 2.87. The average Bonchev–Trinajstić information content (AvgIpc) is 2.98. The van der Waals surface area contributed by atoms with Crippen molar-refractivity contribution in [3.63, 3.8) is 0 Å². The van der Waals surface area contributed by atoms with E-state index < -0.39 is 0 Å². The van der Waals surface area contributed by atoms with Gasteiger partial charge in [-0.15, -0.1) is 0 Å². The molecule has 146 valence electrons. The van der Waals surface area contributed by atoms with Crippen molar-refractivity contribution < 1.29 is 14.3 Å². The van der Waals surface area contributed by atoms with Gasteiger partial charge in [-0.3, -0.25) is 9.69 Å². The van der Waals surface area contributed by atoms with E-state index in [0.717, 1.165) is 11.3 Å². The molecule has 0 saturated carbocycles. The second kappa shape index (κ2) is 8.52. The maximum atomic E-state index is 12.9. The molecule has 0 unspecified atom stereocenters. The number of aryl methyl sites for hydroxylation is 2. The van der Waals surface area contributed by atoms with Gasteiger partial charge in [0.25, 0.3) is 5.91 Å². The van der Waals surface area contributed by atoms with E-state index in [9.17, 15) is 4.79 Å². The van der Waals surface area contributed by atoms with Crippen molar-refractivity contribution in [2.75, 3.05) is 20.8 Å². The number of nitrogens with zero attached hydrogens (tertiary/aromatic N) is 2. The zero-order valence-electron chi connectivity index (χ0n) is 16.8. The number of methoxy groups -OCH3 is 2. The topological polar surface area (TPSA) is 51.1 Å². The zero-order valence-corrected chi connectivity index (χ0v) is 17.6. The fraction of sp³-hybridized carbons (Fsp3) is 0.273. The Kier molecular flexibility index (Phi) is 6.09. The summed E-state index contributed by atoms with van der Waals surface area (Å²) in [6.07, 6.45) is 1.83. The Morgan fingerprint density at radius 3 is 2.50 bits per heavy atom. The van der Waals surface area contributed by atoms with Crippen molar-refractivity contribution in [2.45, 2.75) is 20.8 Å². The summed E-state index contributed by atoms with van der Waals surface area (Å²) in [6.45, 7) is 6.64. The molecule has 5 nitrogen and oxygen atoms in total. The van der Waals surface area contributed by atoms with Crippen molar-refractivity contribution in [1.82, 2.24) is 4.90 Å². The SMILES string of the molecule is CCN1C(=O)/C(=C\c2cc(OC)ccc2OC)SC1=Nc1ccc(C)c(C)c1. The molecule has 1 aliphatic rings. The van der Waals surface area contributed by atoms with Crippen molar-refractivity contribution >= 4 is 34.6 Å². The first kappa shape index (κ1) is 20.0. The van der Waals surface area contributed by atoms with Crippen LogP contribution in [0, 0.1) is 13.8 Å². The molecule has 1 amide bonds. The van der Waals surface area contributed by atoms with Gasteiger partial charge < -0.3 is 9.47 Å². The van der Waals surface area contributed by atoms with Crippen molar-refractivity contribution in [1.29, 1.82) is 0 Å². The van der Waals surface area contributed by atoms with E-state index in [2.05, 4.69) is 13.8 Å². The summed E-state index contributed by atoms with van der Waals surface area (Å²) in [4.78, 5) is 19.9. The molecule has 1 fully saturated rings. The second-order valence-corrected chi connectivity index (χ2v) is 7.44. The maximum Gasteiger partial charge on any atom is 0.266 e. The lowest BCUT2D eigenvalue weighted by atomic mass is 10.1. The van der Waals surface area contributed by atoms with Crippen molar-refractivity contribution in [2.24, 2.45) is 4.99 Å². The van der Waals surface area contributed by atoms with E-state index in [1.807, 2.05) is 49.4 Å². The first-order valence-corrected chi connectivity index (χ1v) is 9.87. The molecule has 6 heteroatoms. The van der Waals surface area contributed by atoms with Gasteiger partial charge in [-0.05, 0) is 80.1 Å². The summed E-state index contributed by atoms with van der Waals surface area (Å²) in [5.74, 6) is 1.34. The summed E-state index contributed by atoms with van der Waals surface area (Å²) in [6, 6.07) is 11.6. The largest absolute Gasteiger partial charge is 0.497 e. The van der Waals surface area contributed by atoms with Gasteiger partial charge in [-0.25, -0.2) is 4.99 Å². The molecule has 0 radical (unpaired) electrons. The lowest BCUT2D eigenvalue weighted by molar-refractivity contribution is -0.122. The number of hydrogen-bond acceptors (Lipinski definition) is 5. The summed E-state index contributed by atoms with van der Waals surface area (Å²) in [5.41, 5.74) is 4.03. The highest BCUT2D eigenvalue weighted by molar-refractivity contribution is 8.18. The van der Waals surface area contributed by atoms with E-state index in [1.165, 1.54) is 22.9 Å². The summed E-state index contributed by atoms with van der Waals surface area (Å²) in [7, 11) is 3.22. The summed E-state index contributed by atoms with van der Waals surface area (Å²) >= 11 is 1.37. The number of benzene rings is 2. The van der Waals surface area contributed by atoms with Crippen LogP contribution in [-0.4, -0.2) is 36.7 Å². The number of thioether (sulfide) groups is 1. The molecule has 0 atom stereocenters. The van der Waals surface area contributed by atoms with Crippen LogP contribution >= 0.6 is 11.8 Å².